The van der Waals surface area contributed by atoms with Gasteiger partial charge in [-0.2, -0.15) is 0 Å². The summed E-state index contributed by atoms with van der Waals surface area (Å²) in [6.07, 6.45) is 0.729. The Kier molecular flexibility index (Phi) is 21.1. The summed E-state index contributed by atoms with van der Waals surface area (Å²) < 4.78 is 0. The minimum absolute atomic E-state index is 0.187. The first-order valence-corrected chi connectivity index (χ1v) is 19.8. The molecule has 23 heteroatoms. The van der Waals surface area contributed by atoms with E-state index in [9.17, 15) is 52.7 Å². The Morgan fingerprint density at radius 2 is 0.933 bits per heavy atom. The number of likely N-dealkylation sites (tertiary alicyclic amines) is 1. The van der Waals surface area contributed by atoms with E-state index < -0.39 is 132 Å². The Morgan fingerprint density at radius 1 is 0.517 bits per heavy atom. The van der Waals surface area contributed by atoms with Crippen LogP contribution in [0.15, 0.2) is 0 Å². The van der Waals surface area contributed by atoms with Crippen molar-refractivity contribution in [1.29, 1.82) is 0 Å². The summed E-state index contributed by atoms with van der Waals surface area (Å²) in [6, 6.07) is -9.32. The Balaban J connectivity index is 2.64. The molecule has 13 N–H and O–H groups in total. The lowest BCUT2D eigenvalue weighted by molar-refractivity contribution is -0.141. The molecule has 9 atom stereocenters. The third-order valence-electron chi connectivity index (χ3n) is 9.39. The molecule has 1 aliphatic rings. The van der Waals surface area contributed by atoms with Crippen LogP contribution in [0.2, 0.25) is 0 Å². The van der Waals surface area contributed by atoms with Crippen LogP contribution >= 0.6 is 0 Å². The van der Waals surface area contributed by atoms with E-state index in [1.54, 1.807) is 27.7 Å². The highest BCUT2D eigenvalue weighted by Crippen LogP contribution is 2.18. The average Bonchev–Trinajstić information content (AvgIpc) is 3.66. The fourth-order valence-electron chi connectivity index (χ4n) is 5.71. The van der Waals surface area contributed by atoms with Crippen LogP contribution in [0, 0.1) is 11.8 Å². The summed E-state index contributed by atoms with van der Waals surface area (Å²) >= 11 is 0. The lowest BCUT2D eigenvalue weighted by atomic mass is 9.99. The van der Waals surface area contributed by atoms with Gasteiger partial charge in [-0.15, -0.1) is 0 Å². The first kappa shape index (κ1) is 52.1. The molecule has 0 radical (unpaired) electrons. The van der Waals surface area contributed by atoms with Crippen LogP contribution in [0.25, 0.3) is 0 Å². The van der Waals surface area contributed by atoms with Crippen LogP contribution in [0.5, 0.6) is 0 Å². The molecule has 23 nitrogen and oxygen atoms in total. The van der Waals surface area contributed by atoms with Gasteiger partial charge in [0, 0.05) is 6.54 Å². The van der Waals surface area contributed by atoms with E-state index >= 15 is 0 Å². The van der Waals surface area contributed by atoms with Crippen LogP contribution < -0.4 is 59.3 Å². The first-order chi connectivity index (χ1) is 27.8. The van der Waals surface area contributed by atoms with Crippen LogP contribution in [0.3, 0.4) is 0 Å². The predicted octanol–water partition coefficient (Wildman–Crippen LogP) is -5.15. The molecule has 0 saturated carbocycles. The maximum absolute atomic E-state index is 13.3. The van der Waals surface area contributed by atoms with Gasteiger partial charge in [0.25, 0.3) is 0 Å². The highest BCUT2D eigenvalue weighted by atomic mass is 16.2. The zero-order valence-corrected chi connectivity index (χ0v) is 36.0. The minimum atomic E-state index is -1.16. The molecule has 0 aromatic rings. The summed E-state index contributed by atoms with van der Waals surface area (Å²) in [6.45, 7) is 14.2. The summed E-state index contributed by atoms with van der Waals surface area (Å²) in [5, 5.41) is 22.0. The van der Waals surface area contributed by atoms with Gasteiger partial charge < -0.3 is 64.2 Å². The predicted molar refractivity (Wildman–Crippen MR) is 215 cm³/mol. The molecule has 1 saturated heterocycles. The third-order valence-corrected chi connectivity index (χ3v) is 9.39. The molecule has 0 unspecified atom stereocenters. The molecule has 0 aliphatic carbocycles. The molecule has 0 aromatic carbocycles. The number of primary amides is 1. The molecule has 1 heterocycles. The van der Waals surface area contributed by atoms with Gasteiger partial charge in [0.1, 0.15) is 48.3 Å². The SMILES string of the molecule is CC(C)[C@H](NC(=O)[C@@H](NC(=O)[C@H](C)NC(=O)CNC(=O)[C@@H]1CCCN1C(=O)[C@H](C)NC(=O)[C@H](C)NC(=O)[C@H](C)NC(=O)CNC(=O)[C@H](C)NC(=O)[C@H](C)N)C(C)C)C(N)=O. The number of nitrogens with one attached hydrogen (secondary N) is 9. The van der Waals surface area contributed by atoms with E-state index in [0.717, 1.165) is 0 Å². The molecule has 0 bridgehead atoms. The number of hydrogen-bond acceptors (Lipinski definition) is 12. The number of amides is 11. The van der Waals surface area contributed by atoms with Crippen molar-refractivity contribution in [3.63, 3.8) is 0 Å². The number of nitrogens with zero attached hydrogens (tertiary/aromatic N) is 1. The maximum Gasteiger partial charge on any atom is 0.245 e. The number of rotatable bonds is 22. The molecule has 338 valence electrons. The van der Waals surface area contributed by atoms with Crippen molar-refractivity contribution in [3.05, 3.63) is 0 Å². The minimum Gasteiger partial charge on any atom is -0.368 e. The second kappa shape index (κ2) is 24.3. The summed E-state index contributed by atoms with van der Waals surface area (Å²) in [4.78, 5) is 140. The van der Waals surface area contributed by atoms with Gasteiger partial charge in [-0.05, 0) is 66.2 Å². The molecular formula is C37H64N12O11. The average molecular weight is 853 g/mol. The fourth-order valence-corrected chi connectivity index (χ4v) is 5.71. The number of hydrogen-bond donors (Lipinski definition) is 11. The number of nitrogens with two attached hydrogens (primary N) is 2. The Hall–Kier alpha value is -5.87. The topological polar surface area (TPSA) is 351 Å². The van der Waals surface area contributed by atoms with Gasteiger partial charge in [-0.1, -0.05) is 27.7 Å². The molecule has 0 aromatic heterocycles. The standard InChI is InChI=1S/C37H64N12O11/c1-16(2)27(29(39)52)47-36(59)28(17(3)4)48-34(57)21(8)43-26(51)15-41-35(58)24-12-11-13-49(24)37(60)23(10)46-33(56)22(9)45-32(55)20(7)42-25(50)14-40-31(54)19(6)44-30(53)18(5)38/h16-24,27-28H,11-15,38H2,1-10H3,(H2,39,52)(H,40,54)(H,41,58)(H,42,50)(H,43,51)(H,44,53)(H,45,55)(H,46,56)(H,47,59)(H,48,57)/t18-,19-,20-,21-,22-,23-,24-,27-,28-/m0/s1. The fraction of sp³-hybridized carbons (Fsp3) is 0.703. The summed E-state index contributed by atoms with van der Waals surface area (Å²) in [7, 11) is 0. The smallest absolute Gasteiger partial charge is 0.245 e. The van der Waals surface area contributed by atoms with Crippen LogP contribution in [0.4, 0.5) is 0 Å². The number of carbonyl (C=O) groups excluding carboxylic acids is 11. The summed E-state index contributed by atoms with van der Waals surface area (Å²) in [5.41, 5.74) is 10.8. The van der Waals surface area contributed by atoms with Gasteiger partial charge in [-0.3, -0.25) is 52.7 Å². The Labute approximate surface area is 349 Å². The lowest BCUT2D eigenvalue weighted by Crippen LogP contribution is -2.58. The van der Waals surface area contributed by atoms with Gasteiger partial charge in [-0.25, -0.2) is 0 Å². The van der Waals surface area contributed by atoms with Crippen molar-refractivity contribution in [2.75, 3.05) is 19.6 Å². The van der Waals surface area contributed by atoms with E-state index in [1.807, 2.05) is 0 Å². The Bertz CT molecular complexity index is 1620. The third kappa shape index (κ3) is 16.8. The molecule has 1 fully saturated rings. The van der Waals surface area contributed by atoms with Crippen molar-refractivity contribution < 1.29 is 52.7 Å². The van der Waals surface area contributed by atoms with Gasteiger partial charge in [0.15, 0.2) is 0 Å². The van der Waals surface area contributed by atoms with Crippen molar-refractivity contribution in [2.24, 2.45) is 23.3 Å². The maximum atomic E-state index is 13.3. The number of carbonyl (C=O) groups is 11. The largest absolute Gasteiger partial charge is 0.368 e. The zero-order chi connectivity index (χ0) is 46.2. The van der Waals surface area contributed by atoms with Gasteiger partial charge >= 0.3 is 0 Å². The van der Waals surface area contributed by atoms with E-state index in [-0.39, 0.29) is 24.8 Å². The Morgan fingerprint density at radius 3 is 1.42 bits per heavy atom. The van der Waals surface area contributed by atoms with Crippen LogP contribution in [0.1, 0.15) is 82.1 Å². The summed E-state index contributed by atoms with van der Waals surface area (Å²) in [5.74, 6) is -8.12. The molecule has 1 aliphatic heterocycles. The zero-order valence-electron chi connectivity index (χ0n) is 36.0. The first-order valence-electron chi connectivity index (χ1n) is 19.8. The van der Waals surface area contributed by atoms with Crippen LogP contribution in [-0.4, -0.2) is 144 Å². The van der Waals surface area contributed by atoms with E-state index in [4.69, 9.17) is 11.5 Å². The second-order valence-electron chi connectivity index (χ2n) is 15.5. The molecule has 0 spiro atoms. The van der Waals surface area contributed by atoms with E-state index in [1.165, 1.54) is 46.4 Å². The van der Waals surface area contributed by atoms with E-state index in [0.29, 0.717) is 6.42 Å². The van der Waals surface area contributed by atoms with Gasteiger partial charge in [0.2, 0.25) is 65.0 Å². The van der Waals surface area contributed by atoms with E-state index in [2.05, 4.69) is 47.9 Å². The highest BCUT2D eigenvalue weighted by Gasteiger charge is 2.37. The van der Waals surface area contributed by atoms with Crippen molar-refractivity contribution in [1.82, 2.24) is 52.8 Å². The molecule has 60 heavy (non-hydrogen) atoms. The second-order valence-corrected chi connectivity index (χ2v) is 15.5. The van der Waals surface area contributed by atoms with Crippen molar-refractivity contribution in [3.8, 4) is 0 Å². The molecule has 1 rings (SSSR count). The normalized spacial score (nSPS) is 17.6. The molecular weight excluding hydrogens is 788 g/mol. The highest BCUT2D eigenvalue weighted by molar-refractivity contribution is 5.98. The van der Waals surface area contributed by atoms with Gasteiger partial charge in [0.05, 0.1) is 19.1 Å². The van der Waals surface area contributed by atoms with Crippen LogP contribution in [-0.2, 0) is 52.7 Å². The van der Waals surface area contributed by atoms with Crippen molar-refractivity contribution in [2.45, 2.75) is 136 Å². The lowest BCUT2D eigenvalue weighted by Gasteiger charge is -2.28. The monoisotopic (exact) mass is 852 g/mol. The quantitative estimate of drug-likeness (QED) is 0.0487. The molecule has 11 amide bonds. The van der Waals surface area contributed by atoms with Crippen molar-refractivity contribution >= 4 is 65.0 Å².